The molecule has 1 amide bonds. The van der Waals surface area contributed by atoms with Crippen molar-refractivity contribution < 1.29 is 23.9 Å². The fourth-order valence-electron chi connectivity index (χ4n) is 1.76. The molecule has 1 aromatic rings. The second-order valence-corrected chi connectivity index (χ2v) is 4.68. The Kier molecular flexibility index (Phi) is 7.67. The number of carbonyl (C=O) groups excluding carboxylic acids is 3. The molecule has 1 atom stereocenters. The molecule has 0 aliphatic rings. The van der Waals surface area contributed by atoms with Crippen LogP contribution in [0.1, 0.15) is 31.7 Å². The Morgan fingerprint density at radius 3 is 2.45 bits per heavy atom. The van der Waals surface area contributed by atoms with Gasteiger partial charge in [0.25, 0.3) is 0 Å². The topological polar surface area (TPSA) is 81.7 Å². The van der Waals surface area contributed by atoms with E-state index in [4.69, 9.17) is 4.74 Å². The number of methoxy groups -OCH3 is 1. The maximum atomic E-state index is 11.7. The van der Waals surface area contributed by atoms with Gasteiger partial charge in [-0.25, -0.2) is 4.79 Å². The van der Waals surface area contributed by atoms with Gasteiger partial charge in [-0.1, -0.05) is 37.3 Å². The normalized spacial score (nSPS) is 11.4. The predicted molar refractivity (Wildman–Crippen MR) is 79.7 cm³/mol. The van der Waals surface area contributed by atoms with Crippen LogP contribution in [0.5, 0.6) is 0 Å². The molecule has 0 aliphatic heterocycles. The molecule has 1 aromatic carbocycles. The number of esters is 2. The van der Waals surface area contributed by atoms with Gasteiger partial charge in [0.1, 0.15) is 12.6 Å². The first-order valence-corrected chi connectivity index (χ1v) is 7.13. The van der Waals surface area contributed by atoms with E-state index in [1.165, 1.54) is 7.11 Å². The summed E-state index contributed by atoms with van der Waals surface area (Å²) in [6.07, 6.45) is 0.425. The average molecular weight is 307 g/mol. The van der Waals surface area contributed by atoms with E-state index in [-0.39, 0.29) is 31.8 Å². The molecule has 1 rings (SSSR count). The van der Waals surface area contributed by atoms with E-state index in [0.29, 0.717) is 0 Å². The van der Waals surface area contributed by atoms with Gasteiger partial charge in [0.15, 0.2) is 0 Å². The lowest BCUT2D eigenvalue weighted by Gasteiger charge is -2.15. The Morgan fingerprint density at radius 2 is 1.86 bits per heavy atom. The Morgan fingerprint density at radius 1 is 1.18 bits per heavy atom. The third-order valence-corrected chi connectivity index (χ3v) is 3.02. The smallest absolute Gasteiger partial charge is 0.328 e. The van der Waals surface area contributed by atoms with E-state index in [0.717, 1.165) is 5.56 Å². The standard InChI is InChI=1S/C16H21NO5/c1-3-14(18)17-13(16(20)21-2)9-10-15(19)22-11-12-7-5-4-6-8-12/h4-8,13H,3,9-11H2,1-2H3,(H,17,18). The van der Waals surface area contributed by atoms with Crippen molar-refractivity contribution in [2.75, 3.05) is 7.11 Å². The zero-order valence-electron chi connectivity index (χ0n) is 12.8. The third kappa shape index (κ3) is 6.39. The van der Waals surface area contributed by atoms with Crippen LogP contribution in [-0.2, 0) is 30.5 Å². The molecule has 0 saturated carbocycles. The summed E-state index contributed by atoms with van der Waals surface area (Å²) >= 11 is 0. The molecule has 0 radical (unpaired) electrons. The van der Waals surface area contributed by atoms with E-state index in [9.17, 15) is 14.4 Å². The van der Waals surface area contributed by atoms with E-state index < -0.39 is 18.0 Å². The second kappa shape index (κ2) is 9.55. The quantitative estimate of drug-likeness (QED) is 0.737. The third-order valence-electron chi connectivity index (χ3n) is 3.02. The average Bonchev–Trinajstić information content (AvgIpc) is 2.56. The van der Waals surface area contributed by atoms with Crippen molar-refractivity contribution in [1.29, 1.82) is 0 Å². The highest BCUT2D eigenvalue weighted by atomic mass is 16.5. The first-order valence-electron chi connectivity index (χ1n) is 7.13. The maximum Gasteiger partial charge on any atom is 0.328 e. The van der Waals surface area contributed by atoms with Gasteiger partial charge in [0, 0.05) is 12.8 Å². The highest BCUT2D eigenvalue weighted by Gasteiger charge is 2.22. The van der Waals surface area contributed by atoms with Crippen LogP contribution in [0.4, 0.5) is 0 Å². The number of rotatable bonds is 8. The lowest BCUT2D eigenvalue weighted by Crippen LogP contribution is -2.41. The molecule has 0 aliphatic carbocycles. The summed E-state index contributed by atoms with van der Waals surface area (Å²) in [6, 6.07) is 8.47. The lowest BCUT2D eigenvalue weighted by atomic mass is 10.1. The van der Waals surface area contributed by atoms with Crippen molar-refractivity contribution in [3.63, 3.8) is 0 Å². The van der Waals surface area contributed by atoms with Crippen LogP contribution in [0.3, 0.4) is 0 Å². The molecule has 6 nitrogen and oxygen atoms in total. The molecule has 0 saturated heterocycles. The van der Waals surface area contributed by atoms with Crippen LogP contribution in [0.15, 0.2) is 30.3 Å². The highest BCUT2D eigenvalue weighted by Crippen LogP contribution is 2.05. The van der Waals surface area contributed by atoms with Crippen molar-refractivity contribution in [1.82, 2.24) is 5.32 Å². The monoisotopic (exact) mass is 307 g/mol. The summed E-state index contributed by atoms with van der Waals surface area (Å²) in [4.78, 5) is 34.6. The van der Waals surface area contributed by atoms with Gasteiger partial charge in [-0.05, 0) is 12.0 Å². The van der Waals surface area contributed by atoms with Crippen LogP contribution in [0, 0.1) is 0 Å². The van der Waals surface area contributed by atoms with Gasteiger partial charge in [-0.3, -0.25) is 9.59 Å². The van der Waals surface area contributed by atoms with Crippen LogP contribution < -0.4 is 5.32 Å². The van der Waals surface area contributed by atoms with Crippen LogP contribution in [0.2, 0.25) is 0 Å². The molecule has 0 bridgehead atoms. The predicted octanol–water partition coefficient (Wildman–Crippen LogP) is 1.58. The minimum Gasteiger partial charge on any atom is -0.467 e. The summed E-state index contributed by atoms with van der Waals surface area (Å²) in [7, 11) is 1.24. The van der Waals surface area contributed by atoms with Crippen molar-refractivity contribution in [2.45, 2.75) is 38.8 Å². The fourth-order valence-corrected chi connectivity index (χ4v) is 1.76. The molecule has 0 aromatic heterocycles. The number of amides is 1. The van der Waals surface area contributed by atoms with E-state index in [1.807, 2.05) is 30.3 Å². The van der Waals surface area contributed by atoms with Gasteiger partial charge in [-0.2, -0.15) is 0 Å². The van der Waals surface area contributed by atoms with Gasteiger partial charge in [-0.15, -0.1) is 0 Å². The Bertz CT molecular complexity index is 501. The Labute approximate surface area is 129 Å². The molecule has 0 fully saturated rings. The Balaban J connectivity index is 2.41. The lowest BCUT2D eigenvalue weighted by molar-refractivity contribution is -0.147. The van der Waals surface area contributed by atoms with E-state index >= 15 is 0 Å². The molecule has 0 spiro atoms. The van der Waals surface area contributed by atoms with Gasteiger partial charge in [0.05, 0.1) is 7.11 Å². The minimum atomic E-state index is -0.832. The Hall–Kier alpha value is -2.37. The fraction of sp³-hybridized carbons (Fsp3) is 0.438. The molecular formula is C16H21NO5. The first-order chi connectivity index (χ1) is 10.6. The van der Waals surface area contributed by atoms with Crippen molar-refractivity contribution in [3.8, 4) is 0 Å². The van der Waals surface area contributed by atoms with Crippen LogP contribution in [0.25, 0.3) is 0 Å². The number of carbonyl (C=O) groups is 3. The zero-order chi connectivity index (χ0) is 16.4. The second-order valence-electron chi connectivity index (χ2n) is 4.68. The summed E-state index contributed by atoms with van der Waals surface area (Å²) in [5.74, 6) is -1.27. The number of hydrogen-bond donors (Lipinski definition) is 1. The van der Waals surface area contributed by atoms with Crippen molar-refractivity contribution >= 4 is 17.8 Å². The molecule has 120 valence electrons. The summed E-state index contributed by atoms with van der Waals surface area (Å²) in [5, 5.41) is 2.53. The van der Waals surface area contributed by atoms with Gasteiger partial charge < -0.3 is 14.8 Å². The van der Waals surface area contributed by atoms with Crippen molar-refractivity contribution in [3.05, 3.63) is 35.9 Å². The van der Waals surface area contributed by atoms with Crippen LogP contribution in [-0.4, -0.2) is 31.0 Å². The molecular weight excluding hydrogens is 286 g/mol. The number of hydrogen-bond acceptors (Lipinski definition) is 5. The number of nitrogens with one attached hydrogen (secondary N) is 1. The van der Waals surface area contributed by atoms with E-state index in [1.54, 1.807) is 6.92 Å². The summed E-state index contributed by atoms with van der Waals surface area (Å²) in [6.45, 7) is 1.86. The molecule has 1 N–H and O–H groups in total. The maximum absolute atomic E-state index is 11.7. The highest BCUT2D eigenvalue weighted by molar-refractivity contribution is 5.84. The zero-order valence-corrected chi connectivity index (χ0v) is 12.8. The molecule has 0 heterocycles. The SMILES string of the molecule is CCC(=O)NC(CCC(=O)OCc1ccccc1)C(=O)OC. The summed E-state index contributed by atoms with van der Waals surface area (Å²) < 4.78 is 9.73. The van der Waals surface area contributed by atoms with Gasteiger partial charge >= 0.3 is 11.9 Å². The number of ether oxygens (including phenoxy) is 2. The largest absolute Gasteiger partial charge is 0.467 e. The van der Waals surface area contributed by atoms with E-state index in [2.05, 4.69) is 10.1 Å². The van der Waals surface area contributed by atoms with Crippen molar-refractivity contribution in [2.24, 2.45) is 0 Å². The molecule has 1 unspecified atom stereocenters. The molecule has 6 heteroatoms. The first kappa shape index (κ1) is 17.7. The van der Waals surface area contributed by atoms with Gasteiger partial charge in [0.2, 0.25) is 5.91 Å². The summed E-state index contributed by atoms with van der Waals surface area (Å²) in [5.41, 5.74) is 0.889. The molecule has 22 heavy (non-hydrogen) atoms. The number of benzene rings is 1. The van der Waals surface area contributed by atoms with Crippen LogP contribution >= 0.6 is 0 Å². The minimum absolute atomic E-state index is 0.0244.